The number of fused-ring (bicyclic) bond motifs is 1. The number of aryl methyl sites for hydroxylation is 1. The molecule has 0 radical (unpaired) electrons. The first-order valence-corrected chi connectivity index (χ1v) is 10.1. The highest BCUT2D eigenvalue weighted by Crippen LogP contribution is 2.34. The van der Waals surface area contributed by atoms with E-state index in [1.165, 1.54) is 34.4 Å². The van der Waals surface area contributed by atoms with Gasteiger partial charge in [0, 0.05) is 22.2 Å². The number of hydrogen-bond donors (Lipinski definition) is 2. The van der Waals surface area contributed by atoms with E-state index in [0.717, 1.165) is 25.3 Å². The summed E-state index contributed by atoms with van der Waals surface area (Å²) >= 11 is 4.38. The molecule has 9 heteroatoms. The minimum absolute atomic E-state index is 0.273. The SMILES string of the molecule is Cc1csc(NC(=O)c2cc(Sc3nc4cccnc4s3)ccc2N)n1. The lowest BCUT2D eigenvalue weighted by Gasteiger charge is -2.07. The Labute approximate surface area is 161 Å². The normalized spacial score (nSPS) is 11.0. The van der Waals surface area contributed by atoms with Gasteiger partial charge in [-0.3, -0.25) is 10.1 Å². The third kappa shape index (κ3) is 3.55. The molecule has 0 aliphatic rings. The van der Waals surface area contributed by atoms with E-state index in [1.54, 1.807) is 18.3 Å². The lowest BCUT2D eigenvalue weighted by atomic mass is 10.1. The van der Waals surface area contributed by atoms with Crippen molar-refractivity contribution in [3.05, 3.63) is 53.2 Å². The molecule has 4 rings (SSSR count). The van der Waals surface area contributed by atoms with Gasteiger partial charge in [0.1, 0.15) is 10.3 Å². The topological polar surface area (TPSA) is 93.8 Å². The first-order valence-electron chi connectivity index (χ1n) is 7.61. The molecule has 0 bridgehead atoms. The Hall–Kier alpha value is -2.49. The number of thiazole rings is 2. The summed E-state index contributed by atoms with van der Waals surface area (Å²) in [5.74, 6) is -0.273. The molecule has 130 valence electrons. The van der Waals surface area contributed by atoms with Crippen LogP contribution in [0.1, 0.15) is 16.1 Å². The Bertz CT molecular complexity index is 1070. The van der Waals surface area contributed by atoms with Gasteiger partial charge < -0.3 is 5.73 Å². The summed E-state index contributed by atoms with van der Waals surface area (Å²) in [5.41, 5.74) is 8.57. The van der Waals surface area contributed by atoms with Gasteiger partial charge in [-0.2, -0.15) is 0 Å². The fourth-order valence-corrected chi connectivity index (χ4v) is 4.94. The third-order valence-electron chi connectivity index (χ3n) is 3.46. The second-order valence-electron chi connectivity index (χ2n) is 5.41. The van der Waals surface area contributed by atoms with Gasteiger partial charge in [0.25, 0.3) is 5.91 Å². The second-order valence-corrected chi connectivity index (χ2v) is 8.56. The van der Waals surface area contributed by atoms with Crippen molar-refractivity contribution in [2.45, 2.75) is 16.2 Å². The van der Waals surface area contributed by atoms with Crippen molar-refractivity contribution in [1.82, 2.24) is 15.0 Å². The first kappa shape index (κ1) is 17.0. The summed E-state index contributed by atoms with van der Waals surface area (Å²) < 4.78 is 0.866. The third-order valence-corrected chi connectivity index (χ3v) is 6.37. The average Bonchev–Trinajstić information content (AvgIpc) is 3.21. The molecule has 0 saturated heterocycles. The van der Waals surface area contributed by atoms with Crippen molar-refractivity contribution in [2.24, 2.45) is 0 Å². The highest BCUT2D eigenvalue weighted by atomic mass is 32.2. The summed E-state index contributed by atoms with van der Waals surface area (Å²) in [6, 6.07) is 9.18. The Morgan fingerprint density at radius 3 is 2.92 bits per heavy atom. The number of carbonyl (C=O) groups excluding carboxylic acids is 1. The molecule has 3 aromatic heterocycles. The van der Waals surface area contributed by atoms with Crippen LogP contribution in [0, 0.1) is 6.92 Å². The maximum atomic E-state index is 12.5. The van der Waals surface area contributed by atoms with Crippen LogP contribution in [0.3, 0.4) is 0 Å². The van der Waals surface area contributed by atoms with Gasteiger partial charge in [0.15, 0.2) is 9.47 Å². The number of hydrogen-bond acceptors (Lipinski definition) is 8. The molecule has 0 atom stereocenters. The number of amides is 1. The Balaban J connectivity index is 1.58. The molecule has 0 spiro atoms. The summed E-state index contributed by atoms with van der Waals surface area (Å²) in [6.07, 6.45) is 1.75. The van der Waals surface area contributed by atoms with E-state index in [1.807, 2.05) is 30.5 Å². The quantitative estimate of drug-likeness (QED) is 0.493. The van der Waals surface area contributed by atoms with Gasteiger partial charge in [-0.25, -0.2) is 15.0 Å². The van der Waals surface area contributed by atoms with E-state index < -0.39 is 0 Å². The van der Waals surface area contributed by atoms with E-state index in [2.05, 4.69) is 20.3 Å². The number of nitrogens with zero attached hydrogens (tertiary/aromatic N) is 3. The predicted molar refractivity (Wildman–Crippen MR) is 107 cm³/mol. The van der Waals surface area contributed by atoms with Gasteiger partial charge in [0.2, 0.25) is 0 Å². The maximum Gasteiger partial charge on any atom is 0.259 e. The zero-order valence-electron chi connectivity index (χ0n) is 13.6. The zero-order valence-corrected chi connectivity index (χ0v) is 16.0. The van der Waals surface area contributed by atoms with Crippen LogP contribution in [0.25, 0.3) is 10.3 Å². The number of nitrogens with one attached hydrogen (secondary N) is 1. The molecule has 0 aliphatic carbocycles. The summed E-state index contributed by atoms with van der Waals surface area (Å²) in [7, 11) is 0. The maximum absolute atomic E-state index is 12.5. The van der Waals surface area contributed by atoms with E-state index in [4.69, 9.17) is 5.73 Å². The van der Waals surface area contributed by atoms with Crippen molar-refractivity contribution in [2.75, 3.05) is 11.1 Å². The number of aromatic nitrogens is 3. The molecule has 3 heterocycles. The predicted octanol–water partition coefficient (Wildman–Crippen LogP) is 4.44. The van der Waals surface area contributed by atoms with Crippen LogP contribution < -0.4 is 11.1 Å². The van der Waals surface area contributed by atoms with Gasteiger partial charge in [-0.15, -0.1) is 11.3 Å². The van der Waals surface area contributed by atoms with E-state index in [0.29, 0.717) is 16.4 Å². The lowest BCUT2D eigenvalue weighted by Crippen LogP contribution is -2.14. The van der Waals surface area contributed by atoms with Crippen molar-refractivity contribution in [3.8, 4) is 0 Å². The molecule has 0 unspecified atom stereocenters. The Morgan fingerprint density at radius 2 is 2.15 bits per heavy atom. The van der Waals surface area contributed by atoms with Crippen LogP contribution in [0.15, 0.2) is 51.1 Å². The minimum atomic E-state index is -0.273. The molecule has 0 saturated carbocycles. The molecule has 0 fully saturated rings. The number of nitrogens with two attached hydrogens (primary N) is 1. The van der Waals surface area contributed by atoms with Crippen molar-refractivity contribution >= 4 is 61.5 Å². The van der Waals surface area contributed by atoms with Gasteiger partial charge in [-0.1, -0.05) is 23.1 Å². The monoisotopic (exact) mass is 399 g/mol. The molecule has 4 aromatic rings. The standard InChI is InChI=1S/C17H13N5OS3/c1-9-8-24-16(20-9)22-14(23)11-7-10(4-5-12(11)18)25-17-21-13-3-2-6-19-15(13)26-17/h2-8H,18H2,1H3,(H,20,22,23). The molecule has 0 aliphatic heterocycles. The highest BCUT2D eigenvalue weighted by molar-refractivity contribution is 8.01. The van der Waals surface area contributed by atoms with Crippen molar-refractivity contribution in [3.63, 3.8) is 0 Å². The number of carbonyl (C=O) groups is 1. The molecule has 6 nitrogen and oxygen atoms in total. The minimum Gasteiger partial charge on any atom is -0.398 e. The van der Waals surface area contributed by atoms with Crippen LogP contribution >= 0.6 is 34.4 Å². The average molecular weight is 400 g/mol. The van der Waals surface area contributed by atoms with Crippen LogP contribution in [0.4, 0.5) is 10.8 Å². The van der Waals surface area contributed by atoms with E-state index in [-0.39, 0.29) is 5.91 Å². The van der Waals surface area contributed by atoms with Crippen molar-refractivity contribution < 1.29 is 4.79 Å². The van der Waals surface area contributed by atoms with Gasteiger partial charge in [0.05, 0.1) is 11.3 Å². The van der Waals surface area contributed by atoms with Crippen LogP contribution in [0.5, 0.6) is 0 Å². The molecule has 3 N–H and O–H groups in total. The molecular formula is C17H13N5OS3. The molecular weight excluding hydrogens is 386 g/mol. The number of benzene rings is 1. The Kier molecular flexibility index (Phi) is 4.58. The van der Waals surface area contributed by atoms with Crippen molar-refractivity contribution in [1.29, 1.82) is 0 Å². The largest absolute Gasteiger partial charge is 0.398 e. The highest BCUT2D eigenvalue weighted by Gasteiger charge is 2.14. The molecule has 26 heavy (non-hydrogen) atoms. The number of pyridine rings is 1. The summed E-state index contributed by atoms with van der Waals surface area (Å²) in [6.45, 7) is 1.88. The zero-order chi connectivity index (χ0) is 18.1. The fourth-order valence-electron chi connectivity index (χ4n) is 2.27. The fraction of sp³-hybridized carbons (Fsp3) is 0.0588. The van der Waals surface area contributed by atoms with Crippen LogP contribution in [-0.4, -0.2) is 20.9 Å². The Morgan fingerprint density at radius 1 is 1.27 bits per heavy atom. The number of anilines is 2. The smallest absolute Gasteiger partial charge is 0.259 e. The van der Waals surface area contributed by atoms with E-state index in [9.17, 15) is 4.79 Å². The summed E-state index contributed by atoms with van der Waals surface area (Å²) in [4.78, 5) is 27.4. The number of nitrogen functional groups attached to an aromatic ring is 1. The van der Waals surface area contributed by atoms with Gasteiger partial charge >= 0.3 is 0 Å². The summed E-state index contributed by atoms with van der Waals surface area (Å²) in [5, 5.41) is 5.23. The van der Waals surface area contributed by atoms with E-state index >= 15 is 0 Å². The molecule has 1 amide bonds. The van der Waals surface area contributed by atoms with Crippen LogP contribution in [0.2, 0.25) is 0 Å². The molecule has 1 aromatic carbocycles. The van der Waals surface area contributed by atoms with Gasteiger partial charge in [-0.05, 0) is 37.3 Å². The number of rotatable bonds is 4. The lowest BCUT2D eigenvalue weighted by molar-refractivity contribution is 0.102. The second kappa shape index (κ2) is 7.02. The first-order chi connectivity index (χ1) is 12.6. The van der Waals surface area contributed by atoms with Crippen LogP contribution in [-0.2, 0) is 0 Å².